The van der Waals surface area contributed by atoms with Gasteiger partial charge in [-0.05, 0) is 150 Å². The fourth-order valence-electron chi connectivity index (χ4n) is 19.0. The molecule has 0 saturated heterocycles. The molecule has 17 aromatic carbocycles. The predicted octanol–water partition coefficient (Wildman–Crippen LogP) is 14.7. The van der Waals surface area contributed by atoms with Crippen molar-refractivity contribution in [2.24, 2.45) is 0 Å². The molecule has 2 aliphatic heterocycles. The Morgan fingerprint density at radius 2 is 0.495 bits per heavy atom. The molecule has 0 amide bonds. The van der Waals surface area contributed by atoms with Gasteiger partial charge in [0.15, 0.2) is 24.2 Å². The molecule has 18 aromatic rings. The number of para-hydroxylation sites is 2. The third-order valence-corrected chi connectivity index (χ3v) is 37.7. The van der Waals surface area contributed by atoms with Crippen LogP contribution in [-0.2, 0) is 0 Å². The van der Waals surface area contributed by atoms with Crippen LogP contribution in [0.1, 0.15) is 0 Å². The van der Waals surface area contributed by atoms with Crippen molar-refractivity contribution >= 4 is 165 Å². The number of fused-ring (bicyclic) bond motifs is 7. The SMILES string of the molecule is c1ccc(-c2cccc3c2B2c4ccc([Si](c5ccccc5)(c5ccccc5)c5ccccc5)cc4N(c4cccc([Si](c5ccccc5)(c5ccccc5)c5ccccc5)c4)c4cc(-n5c6ccccc6c6ccccc65)cc(c42)N3c2cccc([Si](c3ccccc3)(c3ccccc3)c3ccccc3)c2)cc1. The van der Waals surface area contributed by atoms with Crippen LogP contribution in [0.4, 0.5) is 34.1 Å². The Kier molecular flexibility index (Phi) is 16.4. The summed E-state index contributed by atoms with van der Waals surface area (Å²) in [7, 11) is -9.47. The number of benzene rings is 17. The molecule has 512 valence electrons. The Balaban J connectivity index is 0.954. The molecule has 0 spiro atoms. The second-order valence-electron chi connectivity index (χ2n) is 28.9. The molecule has 0 unspecified atom stereocenters. The summed E-state index contributed by atoms with van der Waals surface area (Å²) >= 11 is 0. The van der Waals surface area contributed by atoms with Crippen molar-refractivity contribution in [3.8, 4) is 16.8 Å². The van der Waals surface area contributed by atoms with Crippen molar-refractivity contribution in [2.45, 2.75) is 0 Å². The van der Waals surface area contributed by atoms with Crippen molar-refractivity contribution in [1.82, 2.24) is 4.57 Å². The van der Waals surface area contributed by atoms with Crippen molar-refractivity contribution < 1.29 is 0 Å². The fourth-order valence-corrected chi connectivity index (χ4v) is 33.3. The van der Waals surface area contributed by atoms with Crippen LogP contribution in [0.5, 0.6) is 0 Å². The largest absolute Gasteiger partial charge is 0.311 e. The molecular formula is C102H74BN3Si3. The van der Waals surface area contributed by atoms with Crippen molar-refractivity contribution in [1.29, 1.82) is 0 Å². The lowest BCUT2D eigenvalue weighted by Crippen LogP contribution is -2.75. The van der Waals surface area contributed by atoms with Gasteiger partial charge in [0.25, 0.3) is 6.71 Å². The van der Waals surface area contributed by atoms with Crippen LogP contribution in [0.25, 0.3) is 38.6 Å². The zero-order valence-corrected chi connectivity index (χ0v) is 63.1. The average molecular weight is 1440 g/mol. The van der Waals surface area contributed by atoms with Crippen LogP contribution in [0.3, 0.4) is 0 Å². The Labute approximate surface area is 641 Å². The highest BCUT2D eigenvalue weighted by atomic mass is 28.3. The van der Waals surface area contributed by atoms with E-state index in [1.807, 2.05) is 0 Å². The highest BCUT2D eigenvalue weighted by Gasteiger charge is 2.50. The molecule has 0 atom stereocenters. The highest BCUT2D eigenvalue weighted by Crippen LogP contribution is 2.47. The smallest absolute Gasteiger partial charge is 0.252 e. The number of hydrogen-bond acceptors (Lipinski definition) is 2. The van der Waals surface area contributed by atoms with E-state index in [4.69, 9.17) is 0 Å². The summed E-state index contributed by atoms with van der Waals surface area (Å²) in [6.07, 6.45) is 0. The van der Waals surface area contributed by atoms with E-state index >= 15 is 0 Å². The van der Waals surface area contributed by atoms with Crippen LogP contribution >= 0.6 is 0 Å². The molecule has 0 fully saturated rings. The topological polar surface area (TPSA) is 11.4 Å². The van der Waals surface area contributed by atoms with Gasteiger partial charge in [-0.2, -0.15) is 0 Å². The van der Waals surface area contributed by atoms with E-state index in [-0.39, 0.29) is 6.71 Å². The van der Waals surface area contributed by atoms with Gasteiger partial charge in [-0.3, -0.25) is 0 Å². The summed E-state index contributed by atoms with van der Waals surface area (Å²) in [4.78, 5) is 5.39. The fraction of sp³-hybridized carbons (Fsp3) is 0. The van der Waals surface area contributed by atoms with E-state index in [2.05, 4.69) is 463 Å². The molecule has 2 aliphatic rings. The number of aromatic nitrogens is 1. The van der Waals surface area contributed by atoms with Gasteiger partial charge in [0.2, 0.25) is 0 Å². The Bertz CT molecular complexity index is 6010. The van der Waals surface area contributed by atoms with Gasteiger partial charge in [-0.25, -0.2) is 0 Å². The number of hydrogen-bond donors (Lipinski definition) is 0. The van der Waals surface area contributed by atoms with Crippen molar-refractivity contribution in [2.75, 3.05) is 9.80 Å². The van der Waals surface area contributed by atoms with E-state index in [0.29, 0.717) is 0 Å². The van der Waals surface area contributed by atoms with Gasteiger partial charge >= 0.3 is 0 Å². The molecular weight excluding hydrogens is 1360 g/mol. The standard InChI is InChI=1S/C102H74BN3Si3/c1-11-38-75(39-12-1)91-64-37-67-97-101(91)103-94-69-68-90(109(85-54-25-8-26-55-85,86-56-27-9-28-57-86)87-58-29-10-30-59-87)74-98(94)105(77-41-36-61-89(71-77)108(82-48-19-5-20-49-82,83-50-21-6-22-51-83)84-52-23-7-24-53-84)100-73-78(106-95-65-33-31-62-92(95)93-63-32-34-66-96(93)106)72-99(102(100)103)104(97)76-40-35-60-88(70-76)107(79-42-13-2-14-43-79,80-44-15-3-16-45-80)81-46-17-4-18-47-81/h1-74H. The third kappa shape index (κ3) is 10.4. The lowest BCUT2D eigenvalue weighted by molar-refractivity contribution is 1.16. The predicted molar refractivity (Wildman–Crippen MR) is 471 cm³/mol. The van der Waals surface area contributed by atoms with Gasteiger partial charge in [-0.1, -0.05) is 388 Å². The first-order valence-electron chi connectivity index (χ1n) is 37.9. The van der Waals surface area contributed by atoms with Crippen molar-refractivity contribution in [3.05, 3.63) is 449 Å². The molecule has 20 rings (SSSR count). The molecule has 7 heteroatoms. The monoisotopic (exact) mass is 1440 g/mol. The molecule has 0 N–H and O–H groups in total. The quantitative estimate of drug-likeness (QED) is 0.0706. The average Bonchev–Trinajstić information content (AvgIpc) is 1.08. The van der Waals surface area contributed by atoms with E-state index < -0.39 is 24.2 Å². The summed E-state index contributed by atoms with van der Waals surface area (Å²) in [5, 5.41) is 18.2. The maximum Gasteiger partial charge on any atom is 0.252 e. The summed E-state index contributed by atoms with van der Waals surface area (Å²) in [5.74, 6) is 0. The summed E-state index contributed by atoms with van der Waals surface area (Å²) in [6.45, 7) is -0.273. The Hall–Kier alpha value is -13.1. The molecule has 3 nitrogen and oxygen atoms in total. The zero-order valence-electron chi connectivity index (χ0n) is 60.1. The first kappa shape index (κ1) is 65.4. The second kappa shape index (κ2) is 27.3. The number of rotatable bonds is 16. The molecule has 0 radical (unpaired) electrons. The van der Waals surface area contributed by atoms with E-state index in [1.54, 1.807) is 0 Å². The number of nitrogens with zero attached hydrogens (tertiary/aromatic N) is 3. The van der Waals surface area contributed by atoms with Crippen LogP contribution < -0.4 is 88.4 Å². The molecule has 3 heterocycles. The summed E-state index contributed by atoms with van der Waals surface area (Å²) in [6, 6.07) is 171. The lowest BCUT2D eigenvalue weighted by atomic mass is 9.32. The van der Waals surface area contributed by atoms with Gasteiger partial charge in [0, 0.05) is 44.9 Å². The first-order chi connectivity index (χ1) is 54.1. The lowest BCUT2D eigenvalue weighted by Gasteiger charge is -2.46. The van der Waals surface area contributed by atoms with E-state index in [0.717, 1.165) is 50.8 Å². The Morgan fingerprint density at radius 3 is 0.862 bits per heavy atom. The molecule has 109 heavy (non-hydrogen) atoms. The molecule has 0 bridgehead atoms. The maximum atomic E-state index is 2.72. The summed E-state index contributed by atoms with van der Waals surface area (Å²) in [5.41, 5.74) is 16.2. The van der Waals surface area contributed by atoms with E-state index in [9.17, 15) is 0 Å². The van der Waals surface area contributed by atoms with Gasteiger partial charge in [0.1, 0.15) is 0 Å². The van der Waals surface area contributed by atoms with Crippen LogP contribution in [-0.4, -0.2) is 35.5 Å². The zero-order chi connectivity index (χ0) is 72.3. The minimum atomic E-state index is -3.21. The van der Waals surface area contributed by atoms with Crippen LogP contribution in [0.2, 0.25) is 0 Å². The first-order valence-corrected chi connectivity index (χ1v) is 43.9. The second-order valence-corrected chi connectivity index (χ2v) is 40.3. The van der Waals surface area contributed by atoms with Crippen LogP contribution in [0, 0.1) is 0 Å². The highest BCUT2D eigenvalue weighted by molar-refractivity contribution is 7.21. The minimum Gasteiger partial charge on any atom is -0.311 e. The van der Waals surface area contributed by atoms with Gasteiger partial charge in [-0.15, -0.1) is 0 Å². The van der Waals surface area contributed by atoms with Gasteiger partial charge < -0.3 is 14.4 Å². The number of anilines is 6. The molecule has 1 aromatic heterocycles. The van der Waals surface area contributed by atoms with Crippen LogP contribution in [0.15, 0.2) is 449 Å². The summed E-state index contributed by atoms with van der Waals surface area (Å²) < 4.78 is 2.55. The third-order valence-electron chi connectivity index (χ3n) is 23.4. The normalized spacial score (nSPS) is 12.5. The minimum absolute atomic E-state index is 0.273. The van der Waals surface area contributed by atoms with Gasteiger partial charge in [0.05, 0.1) is 16.7 Å². The van der Waals surface area contributed by atoms with Crippen molar-refractivity contribution in [3.63, 3.8) is 0 Å². The maximum absolute atomic E-state index is 3.21. The Morgan fingerprint density at radius 1 is 0.193 bits per heavy atom. The molecule has 0 aliphatic carbocycles. The van der Waals surface area contributed by atoms with E-state index in [1.165, 1.54) is 101 Å². The molecule has 0 saturated carbocycles.